The van der Waals surface area contributed by atoms with Crippen molar-refractivity contribution in [2.24, 2.45) is 0 Å². The number of ketones is 1. The number of rotatable bonds is 6. The summed E-state index contributed by atoms with van der Waals surface area (Å²) in [6.45, 7) is 10.5. The molecule has 0 saturated carbocycles. The standard InChI is InChI=1S/C23H25N3O5/c1-7-30-23(29)19-11(2)20(26-14(19)5)21(27)15(6)31-22(28)16-8-9-17-18(10-16)25-13(4)12(3)24-17/h8-10,15,26H,7H2,1-6H3/t15-/m0/s1. The Morgan fingerprint density at radius 2 is 1.65 bits per heavy atom. The van der Waals surface area contributed by atoms with E-state index in [9.17, 15) is 14.4 Å². The lowest BCUT2D eigenvalue weighted by molar-refractivity contribution is 0.0316. The molecule has 0 fully saturated rings. The maximum atomic E-state index is 12.9. The van der Waals surface area contributed by atoms with Crippen LogP contribution in [0, 0.1) is 27.7 Å². The number of nitrogens with zero attached hydrogens (tertiary/aromatic N) is 2. The van der Waals surface area contributed by atoms with Crippen molar-refractivity contribution in [1.82, 2.24) is 15.0 Å². The Morgan fingerprint density at radius 3 is 2.29 bits per heavy atom. The predicted octanol–water partition coefficient (Wildman–Crippen LogP) is 3.80. The first-order valence-electron chi connectivity index (χ1n) is 10.0. The van der Waals surface area contributed by atoms with Crippen LogP contribution < -0.4 is 0 Å². The molecule has 2 heterocycles. The first kappa shape index (κ1) is 22.1. The molecule has 3 rings (SSSR count). The van der Waals surface area contributed by atoms with Crippen molar-refractivity contribution in [3.05, 3.63) is 57.7 Å². The highest BCUT2D eigenvalue weighted by atomic mass is 16.5. The molecule has 31 heavy (non-hydrogen) atoms. The minimum atomic E-state index is -1.05. The fourth-order valence-corrected chi connectivity index (χ4v) is 3.35. The lowest BCUT2D eigenvalue weighted by Gasteiger charge is -2.13. The van der Waals surface area contributed by atoms with Crippen molar-refractivity contribution < 1.29 is 23.9 Å². The lowest BCUT2D eigenvalue weighted by atomic mass is 10.1. The van der Waals surface area contributed by atoms with Gasteiger partial charge in [-0.1, -0.05) is 0 Å². The van der Waals surface area contributed by atoms with E-state index in [1.165, 1.54) is 6.92 Å². The van der Waals surface area contributed by atoms with Crippen LogP contribution in [0.3, 0.4) is 0 Å². The summed E-state index contributed by atoms with van der Waals surface area (Å²) in [5.74, 6) is -1.58. The third-order valence-electron chi connectivity index (χ3n) is 5.13. The Morgan fingerprint density at radius 1 is 1.00 bits per heavy atom. The monoisotopic (exact) mass is 423 g/mol. The number of aromatic amines is 1. The Hall–Kier alpha value is -3.55. The number of Topliss-reactive ketones (excluding diaryl/α,β-unsaturated/α-hetero) is 1. The van der Waals surface area contributed by atoms with E-state index in [1.807, 2.05) is 13.8 Å². The molecule has 0 aliphatic heterocycles. The number of H-pyrrole nitrogens is 1. The van der Waals surface area contributed by atoms with Gasteiger partial charge in [-0.25, -0.2) is 19.6 Å². The molecule has 3 aromatic rings. The van der Waals surface area contributed by atoms with Gasteiger partial charge in [-0.2, -0.15) is 0 Å². The van der Waals surface area contributed by atoms with Crippen LogP contribution >= 0.6 is 0 Å². The van der Waals surface area contributed by atoms with Crippen LogP contribution in [0.2, 0.25) is 0 Å². The molecule has 2 aromatic heterocycles. The van der Waals surface area contributed by atoms with E-state index in [4.69, 9.17) is 9.47 Å². The molecule has 0 saturated heterocycles. The number of nitrogens with one attached hydrogen (secondary N) is 1. The third-order valence-corrected chi connectivity index (χ3v) is 5.13. The van der Waals surface area contributed by atoms with Gasteiger partial charge in [0.05, 0.1) is 45.8 Å². The molecule has 0 aliphatic rings. The van der Waals surface area contributed by atoms with E-state index in [1.54, 1.807) is 39.0 Å². The quantitative estimate of drug-likeness (QED) is 0.474. The molecule has 1 N–H and O–H groups in total. The van der Waals surface area contributed by atoms with E-state index >= 15 is 0 Å². The topological polar surface area (TPSA) is 111 Å². The summed E-state index contributed by atoms with van der Waals surface area (Å²) in [7, 11) is 0. The highest BCUT2D eigenvalue weighted by Gasteiger charge is 2.28. The minimum absolute atomic E-state index is 0.219. The minimum Gasteiger partial charge on any atom is -0.462 e. The summed E-state index contributed by atoms with van der Waals surface area (Å²) in [4.78, 5) is 49.5. The van der Waals surface area contributed by atoms with Gasteiger partial charge in [-0.3, -0.25) is 4.79 Å². The zero-order valence-corrected chi connectivity index (χ0v) is 18.5. The first-order valence-corrected chi connectivity index (χ1v) is 10.0. The molecule has 0 bridgehead atoms. The third kappa shape index (κ3) is 4.33. The molecule has 0 amide bonds. The normalized spacial score (nSPS) is 11.9. The van der Waals surface area contributed by atoms with Crippen molar-refractivity contribution in [3.8, 4) is 0 Å². The van der Waals surface area contributed by atoms with E-state index < -0.39 is 23.8 Å². The fraction of sp³-hybridized carbons (Fsp3) is 0.348. The molecule has 0 unspecified atom stereocenters. The average molecular weight is 423 g/mol. The molecule has 0 aliphatic carbocycles. The number of carbonyl (C=O) groups is 3. The van der Waals surface area contributed by atoms with Crippen LogP contribution in [0.25, 0.3) is 11.0 Å². The van der Waals surface area contributed by atoms with E-state index in [0.717, 1.165) is 11.4 Å². The zero-order valence-electron chi connectivity index (χ0n) is 18.5. The summed E-state index contributed by atoms with van der Waals surface area (Å²) in [6.07, 6.45) is -1.05. The second-order valence-corrected chi connectivity index (χ2v) is 7.36. The van der Waals surface area contributed by atoms with Gasteiger partial charge in [0.15, 0.2) is 6.10 Å². The Balaban J connectivity index is 1.80. The van der Waals surface area contributed by atoms with Gasteiger partial charge in [0.25, 0.3) is 0 Å². The van der Waals surface area contributed by atoms with Crippen LogP contribution in [-0.2, 0) is 9.47 Å². The number of aromatic nitrogens is 3. The number of ether oxygens (including phenoxy) is 2. The highest BCUT2D eigenvalue weighted by molar-refractivity contribution is 6.04. The number of esters is 2. The van der Waals surface area contributed by atoms with Gasteiger partial charge in [0.2, 0.25) is 5.78 Å². The van der Waals surface area contributed by atoms with E-state index in [0.29, 0.717) is 27.9 Å². The van der Waals surface area contributed by atoms with Gasteiger partial charge in [0, 0.05) is 5.69 Å². The predicted molar refractivity (Wildman–Crippen MR) is 114 cm³/mol. The molecular weight excluding hydrogens is 398 g/mol. The van der Waals surface area contributed by atoms with Gasteiger partial charge in [-0.05, 0) is 65.3 Å². The Labute approximate surface area is 180 Å². The molecular formula is C23H25N3O5. The van der Waals surface area contributed by atoms with Crippen molar-refractivity contribution in [2.45, 2.75) is 47.6 Å². The van der Waals surface area contributed by atoms with Gasteiger partial charge < -0.3 is 14.5 Å². The molecule has 8 nitrogen and oxygen atoms in total. The van der Waals surface area contributed by atoms with E-state index in [-0.39, 0.29) is 17.9 Å². The second-order valence-electron chi connectivity index (χ2n) is 7.36. The number of hydrogen-bond donors (Lipinski definition) is 1. The van der Waals surface area contributed by atoms with Crippen LogP contribution in [0.1, 0.15) is 67.7 Å². The molecule has 1 aromatic carbocycles. The molecule has 162 valence electrons. The molecule has 1 atom stereocenters. The van der Waals surface area contributed by atoms with Crippen molar-refractivity contribution in [2.75, 3.05) is 6.61 Å². The smallest absolute Gasteiger partial charge is 0.340 e. The first-order chi connectivity index (χ1) is 14.6. The van der Waals surface area contributed by atoms with Gasteiger partial charge >= 0.3 is 11.9 Å². The molecule has 0 radical (unpaired) electrons. The lowest BCUT2D eigenvalue weighted by Crippen LogP contribution is -2.25. The maximum absolute atomic E-state index is 12.9. The van der Waals surface area contributed by atoms with Crippen molar-refractivity contribution in [1.29, 1.82) is 0 Å². The summed E-state index contributed by atoms with van der Waals surface area (Å²) in [6, 6.07) is 4.88. The molecule has 8 heteroatoms. The number of aryl methyl sites for hydroxylation is 3. The number of benzene rings is 1. The number of fused-ring (bicyclic) bond motifs is 1. The number of hydrogen-bond acceptors (Lipinski definition) is 7. The maximum Gasteiger partial charge on any atom is 0.340 e. The summed E-state index contributed by atoms with van der Waals surface area (Å²) < 4.78 is 10.4. The highest BCUT2D eigenvalue weighted by Crippen LogP contribution is 2.22. The molecule has 0 spiro atoms. The van der Waals surface area contributed by atoms with Crippen LogP contribution in [0.5, 0.6) is 0 Å². The summed E-state index contributed by atoms with van der Waals surface area (Å²) in [5, 5.41) is 0. The largest absolute Gasteiger partial charge is 0.462 e. The SMILES string of the molecule is CCOC(=O)c1c(C)[nH]c(C(=O)[C@H](C)OC(=O)c2ccc3nc(C)c(C)nc3c2)c1C. The van der Waals surface area contributed by atoms with Gasteiger partial charge in [-0.15, -0.1) is 0 Å². The van der Waals surface area contributed by atoms with Crippen molar-refractivity contribution in [3.63, 3.8) is 0 Å². The fourth-order valence-electron chi connectivity index (χ4n) is 3.35. The van der Waals surface area contributed by atoms with Crippen molar-refractivity contribution >= 4 is 28.8 Å². The van der Waals surface area contributed by atoms with Crippen LogP contribution in [0.4, 0.5) is 0 Å². The van der Waals surface area contributed by atoms with Crippen LogP contribution in [0.15, 0.2) is 18.2 Å². The Kier molecular flexibility index (Phi) is 6.19. The summed E-state index contributed by atoms with van der Waals surface area (Å²) >= 11 is 0. The second kappa shape index (κ2) is 8.67. The van der Waals surface area contributed by atoms with E-state index in [2.05, 4.69) is 15.0 Å². The zero-order chi connectivity index (χ0) is 22.9. The van der Waals surface area contributed by atoms with Gasteiger partial charge in [0.1, 0.15) is 0 Å². The van der Waals surface area contributed by atoms with Crippen LogP contribution in [-0.4, -0.2) is 45.4 Å². The average Bonchev–Trinajstić information content (AvgIpc) is 3.02. The Bertz CT molecular complexity index is 1200. The summed E-state index contributed by atoms with van der Waals surface area (Å²) in [5.41, 5.74) is 4.65. The number of carbonyl (C=O) groups excluding carboxylic acids is 3.